The Labute approximate surface area is 134 Å². The summed E-state index contributed by atoms with van der Waals surface area (Å²) in [5.74, 6) is 0. The Morgan fingerprint density at radius 3 is 2.62 bits per heavy atom. The maximum atomic E-state index is 12.6. The second-order valence-electron chi connectivity index (χ2n) is 4.75. The summed E-state index contributed by atoms with van der Waals surface area (Å²) >= 11 is 3.07. The smallest absolute Gasteiger partial charge is 0.242 e. The van der Waals surface area contributed by atoms with Crippen LogP contribution in [0.4, 0.5) is 0 Å². The molecule has 0 aliphatic carbocycles. The Kier molecular flexibility index (Phi) is 5.56. The predicted molar refractivity (Wildman–Crippen MR) is 89.5 cm³/mol. The van der Waals surface area contributed by atoms with Gasteiger partial charge < -0.3 is 5.32 Å². The molecule has 2 aromatic heterocycles. The first-order chi connectivity index (χ1) is 9.99. The van der Waals surface area contributed by atoms with Gasteiger partial charge in [-0.2, -0.15) is 0 Å². The summed E-state index contributed by atoms with van der Waals surface area (Å²) in [6.45, 7) is 4.84. The topological polar surface area (TPSA) is 58.2 Å². The van der Waals surface area contributed by atoms with E-state index in [0.29, 0.717) is 18.0 Å². The van der Waals surface area contributed by atoms with Crippen molar-refractivity contribution in [3.8, 4) is 0 Å². The number of rotatable bonds is 7. The second kappa shape index (κ2) is 7.02. The molecule has 2 heterocycles. The number of thiophene rings is 2. The van der Waals surface area contributed by atoms with Crippen molar-refractivity contribution in [2.24, 2.45) is 0 Å². The molecule has 0 bridgehead atoms. The largest absolute Gasteiger partial charge is 0.315 e. The van der Waals surface area contributed by atoms with Crippen LogP contribution < -0.4 is 10.0 Å². The Morgan fingerprint density at radius 2 is 1.95 bits per heavy atom. The number of nitrogens with one attached hydrogen (secondary N) is 2. The molecule has 0 fully saturated rings. The van der Waals surface area contributed by atoms with Crippen LogP contribution in [-0.2, 0) is 29.5 Å². The van der Waals surface area contributed by atoms with Gasteiger partial charge in [-0.25, -0.2) is 13.1 Å². The highest BCUT2D eigenvalue weighted by atomic mass is 32.2. The van der Waals surface area contributed by atoms with Crippen LogP contribution in [0, 0.1) is 6.92 Å². The number of sulfonamides is 1. The zero-order chi connectivity index (χ0) is 15.5. The summed E-state index contributed by atoms with van der Waals surface area (Å²) in [5.41, 5.74) is 2.01. The fraction of sp³-hybridized carbons (Fsp3) is 0.429. The van der Waals surface area contributed by atoms with Crippen molar-refractivity contribution >= 4 is 32.7 Å². The molecule has 7 heteroatoms. The Bertz CT molecular complexity index is 702. The van der Waals surface area contributed by atoms with Crippen molar-refractivity contribution < 1.29 is 8.42 Å². The summed E-state index contributed by atoms with van der Waals surface area (Å²) < 4.78 is 27.9. The van der Waals surface area contributed by atoms with Crippen LogP contribution in [0.3, 0.4) is 0 Å². The molecule has 116 valence electrons. The molecule has 2 aromatic rings. The minimum absolute atomic E-state index is 0.359. The standard InChI is InChI=1S/C14H20N2O2S3/c1-4-11-5-6-19-12(11)8-16-21(17,18)14-10(2)9-20-13(14)7-15-3/h5-6,9,15-16H,4,7-8H2,1-3H3. The highest BCUT2D eigenvalue weighted by Gasteiger charge is 2.22. The summed E-state index contributed by atoms with van der Waals surface area (Å²) in [4.78, 5) is 2.37. The molecule has 0 aliphatic rings. The SMILES string of the molecule is CCc1ccsc1CNS(=O)(=O)c1c(C)csc1CNC. The van der Waals surface area contributed by atoms with E-state index in [9.17, 15) is 8.42 Å². The summed E-state index contributed by atoms with van der Waals surface area (Å²) in [6, 6.07) is 2.05. The molecule has 0 saturated carbocycles. The Morgan fingerprint density at radius 1 is 1.19 bits per heavy atom. The third-order valence-electron chi connectivity index (χ3n) is 3.24. The van der Waals surface area contributed by atoms with Gasteiger partial charge in [-0.1, -0.05) is 6.92 Å². The Balaban J connectivity index is 2.21. The molecule has 0 aromatic carbocycles. The van der Waals surface area contributed by atoms with E-state index in [1.807, 2.05) is 24.7 Å². The molecule has 2 N–H and O–H groups in total. The van der Waals surface area contributed by atoms with E-state index in [0.717, 1.165) is 21.7 Å². The van der Waals surface area contributed by atoms with Gasteiger partial charge in [0.15, 0.2) is 0 Å². The van der Waals surface area contributed by atoms with Gasteiger partial charge in [0, 0.05) is 22.8 Å². The van der Waals surface area contributed by atoms with Crippen LogP contribution >= 0.6 is 22.7 Å². The lowest BCUT2D eigenvalue weighted by Crippen LogP contribution is -2.25. The molecule has 0 aliphatic heterocycles. The fourth-order valence-electron chi connectivity index (χ4n) is 2.20. The molecule has 0 unspecified atom stereocenters. The molecular weight excluding hydrogens is 324 g/mol. The minimum Gasteiger partial charge on any atom is -0.315 e. The zero-order valence-corrected chi connectivity index (χ0v) is 14.8. The van der Waals surface area contributed by atoms with E-state index in [-0.39, 0.29) is 0 Å². The van der Waals surface area contributed by atoms with Gasteiger partial charge >= 0.3 is 0 Å². The molecule has 21 heavy (non-hydrogen) atoms. The molecule has 0 amide bonds. The van der Waals surface area contributed by atoms with Crippen LogP contribution in [-0.4, -0.2) is 15.5 Å². The minimum atomic E-state index is -3.47. The molecule has 2 rings (SSSR count). The van der Waals surface area contributed by atoms with Crippen molar-refractivity contribution in [3.05, 3.63) is 37.7 Å². The van der Waals surface area contributed by atoms with Gasteiger partial charge in [0.25, 0.3) is 0 Å². The highest BCUT2D eigenvalue weighted by molar-refractivity contribution is 7.89. The lowest BCUT2D eigenvalue weighted by atomic mass is 10.2. The summed E-state index contributed by atoms with van der Waals surface area (Å²) in [7, 11) is -1.66. The van der Waals surface area contributed by atoms with Gasteiger partial charge in [-0.3, -0.25) is 0 Å². The number of hydrogen-bond acceptors (Lipinski definition) is 5. The second-order valence-corrected chi connectivity index (χ2v) is 8.42. The maximum Gasteiger partial charge on any atom is 0.242 e. The first-order valence-corrected chi connectivity index (χ1v) is 10.00. The van der Waals surface area contributed by atoms with Gasteiger partial charge in [0.2, 0.25) is 10.0 Å². The number of aryl methyl sites for hydroxylation is 2. The van der Waals surface area contributed by atoms with E-state index in [2.05, 4.69) is 23.0 Å². The number of hydrogen-bond donors (Lipinski definition) is 2. The maximum absolute atomic E-state index is 12.6. The van der Waals surface area contributed by atoms with Crippen molar-refractivity contribution in [2.75, 3.05) is 7.05 Å². The van der Waals surface area contributed by atoms with Gasteiger partial charge in [0.1, 0.15) is 4.90 Å². The van der Waals surface area contributed by atoms with Crippen LogP contribution in [0.2, 0.25) is 0 Å². The van der Waals surface area contributed by atoms with Crippen molar-refractivity contribution in [3.63, 3.8) is 0 Å². The van der Waals surface area contributed by atoms with Gasteiger partial charge in [0.05, 0.1) is 0 Å². The predicted octanol–water partition coefficient (Wildman–Crippen LogP) is 2.88. The van der Waals surface area contributed by atoms with Crippen LogP contribution in [0.15, 0.2) is 21.7 Å². The Hall–Kier alpha value is -0.730. The molecule has 0 saturated heterocycles. The molecule has 0 spiro atoms. The van der Waals surface area contributed by atoms with E-state index in [1.54, 1.807) is 11.3 Å². The van der Waals surface area contributed by atoms with E-state index < -0.39 is 10.0 Å². The van der Waals surface area contributed by atoms with Crippen LogP contribution in [0.5, 0.6) is 0 Å². The van der Waals surface area contributed by atoms with Crippen molar-refractivity contribution in [1.29, 1.82) is 0 Å². The summed E-state index contributed by atoms with van der Waals surface area (Å²) in [5, 5.41) is 6.92. The lowest BCUT2D eigenvalue weighted by Gasteiger charge is -2.09. The van der Waals surface area contributed by atoms with Crippen LogP contribution in [0.1, 0.15) is 27.8 Å². The molecular formula is C14H20N2O2S3. The average molecular weight is 345 g/mol. The van der Waals surface area contributed by atoms with Crippen LogP contribution in [0.25, 0.3) is 0 Å². The van der Waals surface area contributed by atoms with Crippen molar-refractivity contribution in [1.82, 2.24) is 10.0 Å². The zero-order valence-electron chi connectivity index (χ0n) is 12.4. The summed E-state index contributed by atoms with van der Waals surface area (Å²) in [6.07, 6.45) is 0.920. The first kappa shape index (κ1) is 16.6. The molecule has 0 radical (unpaired) electrons. The molecule has 4 nitrogen and oxygen atoms in total. The lowest BCUT2D eigenvalue weighted by molar-refractivity contribution is 0.580. The van der Waals surface area contributed by atoms with E-state index >= 15 is 0 Å². The monoisotopic (exact) mass is 344 g/mol. The third-order valence-corrected chi connectivity index (χ3v) is 7.06. The van der Waals surface area contributed by atoms with Crippen molar-refractivity contribution in [2.45, 2.75) is 38.3 Å². The average Bonchev–Trinajstić information content (AvgIpc) is 3.03. The molecule has 0 atom stereocenters. The third kappa shape index (κ3) is 3.73. The first-order valence-electron chi connectivity index (χ1n) is 6.76. The highest BCUT2D eigenvalue weighted by Crippen LogP contribution is 2.27. The quantitative estimate of drug-likeness (QED) is 0.812. The fourth-order valence-corrected chi connectivity index (χ4v) is 6.02. The van der Waals surface area contributed by atoms with Gasteiger partial charge in [-0.05, 0) is 48.3 Å². The normalized spacial score (nSPS) is 12.0. The van der Waals surface area contributed by atoms with E-state index in [4.69, 9.17) is 0 Å². The van der Waals surface area contributed by atoms with E-state index in [1.165, 1.54) is 16.9 Å². The van der Waals surface area contributed by atoms with Gasteiger partial charge in [-0.15, -0.1) is 22.7 Å².